The summed E-state index contributed by atoms with van der Waals surface area (Å²) in [6, 6.07) is 3.96. The van der Waals surface area contributed by atoms with Crippen LogP contribution in [0, 0.1) is 0 Å². The number of hydrogen-bond acceptors (Lipinski definition) is 5. The molecular weight excluding hydrogens is 304 g/mol. The van der Waals surface area contributed by atoms with Crippen LogP contribution in [0.5, 0.6) is 0 Å². The zero-order valence-corrected chi connectivity index (χ0v) is 13.7. The van der Waals surface area contributed by atoms with Crippen LogP contribution >= 0.6 is 0 Å². The minimum absolute atomic E-state index is 0.177. The molecule has 1 amide bonds. The van der Waals surface area contributed by atoms with Crippen molar-refractivity contribution in [2.45, 2.75) is 18.8 Å². The number of anilines is 1. The molecule has 0 spiro atoms. The molecule has 2 rings (SSSR count). The van der Waals surface area contributed by atoms with E-state index in [0.717, 1.165) is 30.5 Å². The summed E-state index contributed by atoms with van der Waals surface area (Å²) in [5, 5.41) is 3.01. The molecule has 1 atom stereocenters. The summed E-state index contributed by atoms with van der Waals surface area (Å²) in [5.41, 5.74) is 1.15. The van der Waals surface area contributed by atoms with Crippen molar-refractivity contribution in [2.75, 3.05) is 38.3 Å². The number of amides is 1. The standard InChI is InChI=1S/C14H22N4O3S/c1-15-13-8-11(5-6-16-13)12-4-3-7-18(10-12)14(19)9-17-22(2,20)21/h5-6,8,12,17H,3-4,7,9-10H2,1-2H3,(H,15,16)/t12-/m0/s1. The van der Waals surface area contributed by atoms with Gasteiger partial charge in [0.05, 0.1) is 12.8 Å². The minimum Gasteiger partial charge on any atom is -0.373 e. The van der Waals surface area contributed by atoms with Crippen LogP contribution in [0.25, 0.3) is 0 Å². The van der Waals surface area contributed by atoms with Crippen molar-refractivity contribution in [3.8, 4) is 0 Å². The van der Waals surface area contributed by atoms with Gasteiger partial charge in [-0.05, 0) is 30.5 Å². The third-order valence-electron chi connectivity index (χ3n) is 3.77. The molecule has 1 saturated heterocycles. The zero-order chi connectivity index (χ0) is 16.2. The molecule has 1 aromatic heterocycles. The van der Waals surface area contributed by atoms with Gasteiger partial charge in [0.1, 0.15) is 5.82 Å². The van der Waals surface area contributed by atoms with Gasteiger partial charge in [-0.1, -0.05) is 0 Å². The molecule has 0 saturated carbocycles. The predicted molar refractivity (Wildman–Crippen MR) is 85.2 cm³/mol. The number of sulfonamides is 1. The van der Waals surface area contributed by atoms with Gasteiger partial charge in [0.15, 0.2) is 0 Å². The number of nitrogens with zero attached hydrogens (tertiary/aromatic N) is 2. The normalized spacial score (nSPS) is 19.0. The number of likely N-dealkylation sites (tertiary alicyclic amines) is 1. The van der Waals surface area contributed by atoms with Crippen molar-refractivity contribution in [3.05, 3.63) is 23.9 Å². The molecule has 0 bridgehead atoms. The Morgan fingerprint density at radius 1 is 1.50 bits per heavy atom. The number of hydrogen-bond donors (Lipinski definition) is 2. The van der Waals surface area contributed by atoms with Gasteiger partial charge in [-0.3, -0.25) is 4.79 Å². The average Bonchev–Trinajstić information content (AvgIpc) is 2.52. The highest BCUT2D eigenvalue weighted by Gasteiger charge is 2.25. The quantitative estimate of drug-likeness (QED) is 0.816. The van der Waals surface area contributed by atoms with Gasteiger partial charge in [0.25, 0.3) is 0 Å². The van der Waals surface area contributed by atoms with Gasteiger partial charge in [0, 0.05) is 32.3 Å². The molecule has 1 aliphatic rings. The van der Waals surface area contributed by atoms with Crippen LogP contribution in [0.3, 0.4) is 0 Å². The van der Waals surface area contributed by atoms with Crippen LogP contribution in [0.15, 0.2) is 18.3 Å². The summed E-state index contributed by atoms with van der Waals surface area (Å²) < 4.78 is 24.4. The largest absolute Gasteiger partial charge is 0.373 e. The first-order chi connectivity index (χ1) is 10.4. The van der Waals surface area contributed by atoms with Crippen LogP contribution in [-0.4, -0.2) is 57.1 Å². The number of pyridine rings is 1. The lowest BCUT2D eigenvalue weighted by molar-refractivity contribution is -0.131. The van der Waals surface area contributed by atoms with E-state index in [1.807, 2.05) is 19.2 Å². The van der Waals surface area contributed by atoms with E-state index in [9.17, 15) is 13.2 Å². The maximum Gasteiger partial charge on any atom is 0.237 e. The molecule has 1 aromatic rings. The second kappa shape index (κ2) is 7.06. The fourth-order valence-electron chi connectivity index (χ4n) is 2.62. The first kappa shape index (κ1) is 16.7. The van der Waals surface area contributed by atoms with Gasteiger partial charge in [-0.2, -0.15) is 0 Å². The Morgan fingerprint density at radius 2 is 2.27 bits per heavy atom. The van der Waals surface area contributed by atoms with Crippen LogP contribution in [0.2, 0.25) is 0 Å². The molecule has 0 aromatic carbocycles. The second-order valence-corrected chi connectivity index (χ2v) is 7.33. The van der Waals surface area contributed by atoms with Gasteiger partial charge in [-0.25, -0.2) is 18.1 Å². The van der Waals surface area contributed by atoms with E-state index in [1.165, 1.54) is 0 Å². The second-order valence-electron chi connectivity index (χ2n) is 5.50. The Bertz CT molecular complexity index is 633. The third-order valence-corrected chi connectivity index (χ3v) is 4.44. The van der Waals surface area contributed by atoms with Crippen molar-refractivity contribution in [1.82, 2.24) is 14.6 Å². The lowest BCUT2D eigenvalue weighted by atomic mass is 9.91. The van der Waals surface area contributed by atoms with E-state index in [1.54, 1.807) is 11.1 Å². The number of nitrogens with one attached hydrogen (secondary N) is 2. The van der Waals surface area contributed by atoms with Gasteiger partial charge in [0.2, 0.25) is 15.9 Å². The van der Waals surface area contributed by atoms with E-state index < -0.39 is 10.0 Å². The van der Waals surface area contributed by atoms with Crippen molar-refractivity contribution in [1.29, 1.82) is 0 Å². The topological polar surface area (TPSA) is 91.4 Å². The average molecular weight is 326 g/mol. The Hall–Kier alpha value is -1.67. The maximum atomic E-state index is 12.1. The molecule has 1 fully saturated rings. The summed E-state index contributed by atoms with van der Waals surface area (Å²) in [4.78, 5) is 18.0. The molecule has 2 N–H and O–H groups in total. The molecule has 2 heterocycles. The summed E-state index contributed by atoms with van der Waals surface area (Å²) in [7, 11) is -1.53. The lowest BCUT2D eigenvalue weighted by Gasteiger charge is -2.33. The van der Waals surface area contributed by atoms with Crippen molar-refractivity contribution < 1.29 is 13.2 Å². The molecule has 22 heavy (non-hydrogen) atoms. The van der Waals surface area contributed by atoms with Crippen LogP contribution in [0.1, 0.15) is 24.3 Å². The van der Waals surface area contributed by atoms with E-state index in [0.29, 0.717) is 13.1 Å². The van der Waals surface area contributed by atoms with Crippen molar-refractivity contribution in [3.63, 3.8) is 0 Å². The SMILES string of the molecule is CNc1cc([C@H]2CCCN(C(=O)CNS(C)(=O)=O)C2)ccn1. The number of piperidine rings is 1. The van der Waals surface area contributed by atoms with Gasteiger partial charge in [-0.15, -0.1) is 0 Å². The molecular formula is C14H22N4O3S. The third kappa shape index (κ3) is 4.67. The Morgan fingerprint density at radius 3 is 2.95 bits per heavy atom. The number of carbonyl (C=O) groups excluding carboxylic acids is 1. The fraction of sp³-hybridized carbons (Fsp3) is 0.571. The molecule has 0 radical (unpaired) electrons. The summed E-state index contributed by atoms with van der Waals surface area (Å²) in [6.45, 7) is 1.10. The highest BCUT2D eigenvalue weighted by Crippen LogP contribution is 2.27. The zero-order valence-electron chi connectivity index (χ0n) is 12.9. The predicted octanol–water partition coefficient (Wildman–Crippen LogP) is 0.379. The van der Waals surface area contributed by atoms with Crippen LogP contribution in [0.4, 0.5) is 5.82 Å². The van der Waals surface area contributed by atoms with E-state index >= 15 is 0 Å². The molecule has 8 heteroatoms. The highest BCUT2D eigenvalue weighted by molar-refractivity contribution is 7.88. The number of carbonyl (C=O) groups is 1. The van der Waals surface area contributed by atoms with Crippen molar-refractivity contribution >= 4 is 21.7 Å². The monoisotopic (exact) mass is 326 g/mol. The summed E-state index contributed by atoms with van der Waals surface area (Å²) >= 11 is 0. The van der Waals surface area contributed by atoms with Crippen molar-refractivity contribution in [2.24, 2.45) is 0 Å². The summed E-state index contributed by atoms with van der Waals surface area (Å²) in [5.74, 6) is 0.878. The lowest BCUT2D eigenvalue weighted by Crippen LogP contribution is -2.44. The Kier molecular flexibility index (Phi) is 5.36. The fourth-order valence-corrected chi connectivity index (χ4v) is 3.00. The van der Waals surface area contributed by atoms with Crippen LogP contribution < -0.4 is 10.0 Å². The minimum atomic E-state index is -3.35. The number of rotatable bonds is 5. The van der Waals surface area contributed by atoms with E-state index in [4.69, 9.17) is 0 Å². The Balaban J connectivity index is 2.00. The smallest absolute Gasteiger partial charge is 0.237 e. The molecule has 122 valence electrons. The number of aromatic nitrogens is 1. The summed E-state index contributed by atoms with van der Waals surface area (Å²) in [6.07, 6.45) is 4.73. The van der Waals surface area contributed by atoms with Crippen LogP contribution in [-0.2, 0) is 14.8 Å². The molecule has 7 nitrogen and oxygen atoms in total. The first-order valence-corrected chi connectivity index (χ1v) is 9.14. The first-order valence-electron chi connectivity index (χ1n) is 7.25. The highest BCUT2D eigenvalue weighted by atomic mass is 32.2. The molecule has 0 unspecified atom stereocenters. The Labute approximate surface area is 131 Å². The van der Waals surface area contributed by atoms with E-state index in [2.05, 4.69) is 15.0 Å². The van der Waals surface area contributed by atoms with Gasteiger partial charge < -0.3 is 10.2 Å². The van der Waals surface area contributed by atoms with Gasteiger partial charge >= 0.3 is 0 Å². The maximum absolute atomic E-state index is 12.1. The molecule has 0 aliphatic carbocycles. The van der Waals surface area contributed by atoms with E-state index in [-0.39, 0.29) is 18.4 Å². The molecule has 1 aliphatic heterocycles.